The zero-order valence-electron chi connectivity index (χ0n) is 7.56. The van der Waals surface area contributed by atoms with E-state index >= 15 is 0 Å². The Hall–Kier alpha value is -0.120. The SMILES string of the molecule is CO[C@@H]1C[C@@H](O)[C@@H]2C[C@@H](C)O[C@@H]21. The van der Waals surface area contributed by atoms with Gasteiger partial charge in [0.15, 0.2) is 0 Å². The Morgan fingerprint density at radius 1 is 1.42 bits per heavy atom. The molecule has 0 amide bonds. The number of fused-ring (bicyclic) bond motifs is 1. The molecule has 1 saturated carbocycles. The average Bonchev–Trinajstić information content (AvgIpc) is 2.52. The summed E-state index contributed by atoms with van der Waals surface area (Å²) in [4.78, 5) is 0. The molecule has 1 N–H and O–H groups in total. The van der Waals surface area contributed by atoms with Crippen molar-refractivity contribution in [3.8, 4) is 0 Å². The van der Waals surface area contributed by atoms with Crippen LogP contribution in [0.2, 0.25) is 0 Å². The van der Waals surface area contributed by atoms with E-state index in [4.69, 9.17) is 9.47 Å². The molecule has 2 aliphatic rings. The van der Waals surface area contributed by atoms with E-state index in [0.29, 0.717) is 5.92 Å². The zero-order chi connectivity index (χ0) is 8.72. The summed E-state index contributed by atoms with van der Waals surface area (Å²) in [6.45, 7) is 2.05. The number of methoxy groups -OCH3 is 1. The van der Waals surface area contributed by atoms with Gasteiger partial charge in [0.05, 0.1) is 24.4 Å². The quantitative estimate of drug-likeness (QED) is 0.628. The standard InChI is InChI=1S/C9H16O3/c1-5-3-6-7(10)4-8(11-2)9(6)12-5/h5-10H,3-4H2,1-2H3/t5-,6+,7-,8-,9+/m1/s1. The first-order chi connectivity index (χ1) is 5.72. The molecule has 2 fully saturated rings. The molecule has 1 heterocycles. The van der Waals surface area contributed by atoms with Crippen molar-refractivity contribution in [2.24, 2.45) is 5.92 Å². The van der Waals surface area contributed by atoms with Gasteiger partial charge < -0.3 is 14.6 Å². The van der Waals surface area contributed by atoms with Crippen LogP contribution in [0.1, 0.15) is 19.8 Å². The molecule has 0 radical (unpaired) electrons. The molecule has 5 atom stereocenters. The van der Waals surface area contributed by atoms with Crippen LogP contribution in [0.15, 0.2) is 0 Å². The summed E-state index contributed by atoms with van der Waals surface area (Å²) in [7, 11) is 1.69. The molecular weight excluding hydrogens is 156 g/mol. The fourth-order valence-electron chi connectivity index (χ4n) is 2.46. The predicted molar refractivity (Wildman–Crippen MR) is 43.9 cm³/mol. The molecular formula is C9H16O3. The minimum atomic E-state index is -0.218. The first-order valence-electron chi connectivity index (χ1n) is 4.58. The molecule has 0 aromatic rings. The van der Waals surface area contributed by atoms with Gasteiger partial charge in [0, 0.05) is 19.4 Å². The van der Waals surface area contributed by atoms with Crippen molar-refractivity contribution in [2.75, 3.05) is 7.11 Å². The normalized spacial score (nSPS) is 52.8. The van der Waals surface area contributed by atoms with Gasteiger partial charge in [-0.15, -0.1) is 0 Å². The largest absolute Gasteiger partial charge is 0.393 e. The van der Waals surface area contributed by atoms with E-state index in [1.54, 1.807) is 7.11 Å². The van der Waals surface area contributed by atoms with E-state index in [0.717, 1.165) is 12.8 Å². The van der Waals surface area contributed by atoms with Crippen molar-refractivity contribution in [1.29, 1.82) is 0 Å². The van der Waals surface area contributed by atoms with Gasteiger partial charge in [0.2, 0.25) is 0 Å². The van der Waals surface area contributed by atoms with Crippen molar-refractivity contribution in [2.45, 2.75) is 44.2 Å². The van der Waals surface area contributed by atoms with E-state index in [2.05, 4.69) is 6.92 Å². The Kier molecular flexibility index (Phi) is 2.10. The third-order valence-electron chi connectivity index (χ3n) is 3.05. The van der Waals surface area contributed by atoms with Gasteiger partial charge in [-0.05, 0) is 13.3 Å². The predicted octanol–water partition coefficient (Wildman–Crippen LogP) is 0.560. The Bertz CT molecular complexity index is 171. The van der Waals surface area contributed by atoms with E-state index in [-0.39, 0.29) is 24.4 Å². The summed E-state index contributed by atoms with van der Waals surface area (Å²) in [5, 5.41) is 9.66. The van der Waals surface area contributed by atoms with Crippen molar-refractivity contribution in [1.82, 2.24) is 0 Å². The fourth-order valence-corrected chi connectivity index (χ4v) is 2.46. The summed E-state index contributed by atoms with van der Waals surface area (Å²) in [5.41, 5.74) is 0. The molecule has 0 aromatic carbocycles. The first kappa shape index (κ1) is 8.48. The monoisotopic (exact) mass is 172 g/mol. The maximum atomic E-state index is 9.66. The highest BCUT2D eigenvalue weighted by molar-refractivity contribution is 4.97. The first-order valence-corrected chi connectivity index (χ1v) is 4.58. The van der Waals surface area contributed by atoms with Gasteiger partial charge in [-0.3, -0.25) is 0 Å². The highest BCUT2D eigenvalue weighted by atomic mass is 16.5. The van der Waals surface area contributed by atoms with Gasteiger partial charge in [-0.25, -0.2) is 0 Å². The highest BCUT2D eigenvalue weighted by Crippen LogP contribution is 2.40. The van der Waals surface area contributed by atoms with E-state index < -0.39 is 0 Å². The van der Waals surface area contributed by atoms with E-state index in [1.807, 2.05) is 0 Å². The van der Waals surface area contributed by atoms with Gasteiger partial charge in [-0.2, -0.15) is 0 Å². The second-order valence-corrected chi connectivity index (χ2v) is 3.89. The van der Waals surface area contributed by atoms with Crippen molar-refractivity contribution in [3.63, 3.8) is 0 Å². The van der Waals surface area contributed by atoms with Gasteiger partial charge in [0.25, 0.3) is 0 Å². The molecule has 2 rings (SSSR count). The van der Waals surface area contributed by atoms with Crippen LogP contribution in [-0.2, 0) is 9.47 Å². The molecule has 0 aromatic heterocycles. The third-order valence-corrected chi connectivity index (χ3v) is 3.05. The van der Waals surface area contributed by atoms with Crippen LogP contribution in [-0.4, -0.2) is 36.6 Å². The lowest BCUT2D eigenvalue weighted by Crippen LogP contribution is -2.25. The molecule has 70 valence electrons. The van der Waals surface area contributed by atoms with E-state index in [9.17, 15) is 5.11 Å². The number of aliphatic hydroxyl groups is 1. The number of hydrogen-bond donors (Lipinski definition) is 1. The second kappa shape index (κ2) is 2.98. The summed E-state index contributed by atoms with van der Waals surface area (Å²) >= 11 is 0. The van der Waals surface area contributed by atoms with Crippen LogP contribution in [0.5, 0.6) is 0 Å². The lowest BCUT2D eigenvalue weighted by molar-refractivity contribution is -0.0406. The van der Waals surface area contributed by atoms with Crippen LogP contribution in [0.25, 0.3) is 0 Å². The van der Waals surface area contributed by atoms with Crippen molar-refractivity contribution in [3.05, 3.63) is 0 Å². The van der Waals surface area contributed by atoms with Crippen LogP contribution < -0.4 is 0 Å². The highest BCUT2D eigenvalue weighted by Gasteiger charge is 2.48. The summed E-state index contributed by atoms with van der Waals surface area (Å²) in [5.74, 6) is 0.310. The number of rotatable bonds is 1. The zero-order valence-corrected chi connectivity index (χ0v) is 7.56. The van der Waals surface area contributed by atoms with Crippen LogP contribution >= 0.6 is 0 Å². The Morgan fingerprint density at radius 2 is 2.17 bits per heavy atom. The van der Waals surface area contributed by atoms with Crippen molar-refractivity contribution < 1.29 is 14.6 Å². The average molecular weight is 172 g/mol. The van der Waals surface area contributed by atoms with Crippen LogP contribution in [0.4, 0.5) is 0 Å². The smallest absolute Gasteiger partial charge is 0.0894 e. The maximum absolute atomic E-state index is 9.66. The molecule has 0 bridgehead atoms. The van der Waals surface area contributed by atoms with Crippen LogP contribution in [0.3, 0.4) is 0 Å². The summed E-state index contributed by atoms with van der Waals surface area (Å²) in [6.07, 6.45) is 2.02. The van der Waals surface area contributed by atoms with E-state index in [1.165, 1.54) is 0 Å². The lowest BCUT2D eigenvalue weighted by atomic mass is 10.0. The Labute approximate surface area is 72.7 Å². The minimum absolute atomic E-state index is 0.106. The summed E-state index contributed by atoms with van der Waals surface area (Å²) in [6, 6.07) is 0. The minimum Gasteiger partial charge on any atom is -0.393 e. The topological polar surface area (TPSA) is 38.7 Å². The molecule has 3 nitrogen and oxygen atoms in total. The van der Waals surface area contributed by atoms with Gasteiger partial charge in [-0.1, -0.05) is 0 Å². The molecule has 1 aliphatic heterocycles. The molecule has 1 aliphatic carbocycles. The van der Waals surface area contributed by atoms with Gasteiger partial charge >= 0.3 is 0 Å². The second-order valence-electron chi connectivity index (χ2n) is 3.89. The molecule has 0 unspecified atom stereocenters. The Balaban J connectivity index is 2.08. The van der Waals surface area contributed by atoms with Gasteiger partial charge in [0.1, 0.15) is 0 Å². The maximum Gasteiger partial charge on any atom is 0.0894 e. The van der Waals surface area contributed by atoms with Crippen molar-refractivity contribution >= 4 is 0 Å². The third kappa shape index (κ3) is 1.16. The summed E-state index contributed by atoms with van der Waals surface area (Å²) < 4.78 is 10.9. The number of aliphatic hydroxyl groups excluding tert-OH is 1. The molecule has 3 heteroatoms. The molecule has 12 heavy (non-hydrogen) atoms. The number of ether oxygens (including phenoxy) is 2. The molecule has 1 saturated heterocycles. The lowest BCUT2D eigenvalue weighted by Gasteiger charge is -2.16. The number of hydrogen-bond acceptors (Lipinski definition) is 3. The fraction of sp³-hybridized carbons (Fsp3) is 1.00. The van der Waals surface area contributed by atoms with Crippen LogP contribution in [0, 0.1) is 5.92 Å². The Morgan fingerprint density at radius 3 is 2.83 bits per heavy atom. The molecule has 0 spiro atoms.